The quantitative estimate of drug-likeness (QED) is 0.752. The lowest BCUT2D eigenvalue weighted by atomic mass is 10.2. The molecule has 0 aliphatic rings. The van der Waals surface area contributed by atoms with Crippen LogP contribution in [0.1, 0.15) is 5.56 Å². The molecule has 0 spiro atoms. The third-order valence-corrected chi connectivity index (χ3v) is 4.12. The molecular formula is C14H12N2O3S. The first-order valence-electron chi connectivity index (χ1n) is 5.99. The number of rotatable bonds is 3. The summed E-state index contributed by atoms with van der Waals surface area (Å²) in [6.45, 7) is 1.87. The minimum Gasteiger partial charge on any atom is -0.379 e. The third kappa shape index (κ3) is 2.37. The molecule has 102 valence electrons. The van der Waals surface area contributed by atoms with Gasteiger partial charge in [0.2, 0.25) is 0 Å². The first-order chi connectivity index (χ1) is 9.54. The molecule has 1 aromatic heterocycles. The normalized spacial score (nSPS) is 11.7. The van der Waals surface area contributed by atoms with E-state index in [-0.39, 0.29) is 4.90 Å². The summed E-state index contributed by atoms with van der Waals surface area (Å²) in [7, 11) is -3.85. The van der Waals surface area contributed by atoms with E-state index >= 15 is 0 Å². The van der Waals surface area contributed by atoms with E-state index < -0.39 is 10.1 Å². The Morgan fingerprint density at radius 1 is 1.15 bits per heavy atom. The van der Waals surface area contributed by atoms with Crippen LogP contribution in [0, 0.1) is 6.92 Å². The van der Waals surface area contributed by atoms with Crippen molar-refractivity contribution in [3.05, 3.63) is 54.4 Å². The highest BCUT2D eigenvalue weighted by Crippen LogP contribution is 2.21. The highest BCUT2D eigenvalue weighted by Gasteiger charge is 2.17. The van der Waals surface area contributed by atoms with Gasteiger partial charge in [-0.2, -0.15) is 8.42 Å². The maximum absolute atomic E-state index is 12.2. The number of benzene rings is 2. The summed E-state index contributed by atoms with van der Waals surface area (Å²) < 4.78 is 29.6. The van der Waals surface area contributed by atoms with Crippen molar-refractivity contribution < 1.29 is 12.6 Å². The fraction of sp³-hybridized carbons (Fsp3) is 0.0714. The Bertz CT molecular complexity index is 869. The number of aromatic amines is 1. The largest absolute Gasteiger partial charge is 0.379 e. The summed E-state index contributed by atoms with van der Waals surface area (Å²) >= 11 is 0. The topological polar surface area (TPSA) is 72.1 Å². The molecule has 0 aliphatic heterocycles. The average molecular weight is 288 g/mol. The van der Waals surface area contributed by atoms with Crippen molar-refractivity contribution in [2.75, 3.05) is 0 Å². The van der Waals surface area contributed by atoms with Gasteiger partial charge in [-0.3, -0.25) is 0 Å². The molecule has 3 aromatic rings. The van der Waals surface area contributed by atoms with Crippen molar-refractivity contribution in [2.24, 2.45) is 0 Å². The van der Waals surface area contributed by atoms with E-state index in [1.165, 1.54) is 18.5 Å². The number of hydrogen-bond acceptors (Lipinski definition) is 4. The second kappa shape index (κ2) is 4.64. The van der Waals surface area contributed by atoms with E-state index in [1.807, 2.05) is 13.0 Å². The summed E-state index contributed by atoms with van der Waals surface area (Å²) in [6, 6.07) is 11.5. The third-order valence-electron chi connectivity index (χ3n) is 2.88. The molecule has 0 aliphatic carbocycles. The molecule has 0 atom stereocenters. The number of fused-ring (bicyclic) bond motifs is 1. The first-order valence-corrected chi connectivity index (χ1v) is 7.40. The Labute approximate surface area is 116 Å². The highest BCUT2D eigenvalue weighted by molar-refractivity contribution is 7.87. The number of aryl methyl sites for hydroxylation is 1. The second-order valence-corrected chi connectivity index (χ2v) is 5.98. The van der Waals surface area contributed by atoms with Gasteiger partial charge in [0.05, 0.1) is 17.4 Å². The van der Waals surface area contributed by atoms with E-state index in [4.69, 9.17) is 4.18 Å². The van der Waals surface area contributed by atoms with Crippen LogP contribution in [0.2, 0.25) is 0 Å². The maximum Gasteiger partial charge on any atom is 0.339 e. The molecule has 0 bridgehead atoms. The molecule has 0 unspecified atom stereocenters. The van der Waals surface area contributed by atoms with Crippen LogP contribution in [0.4, 0.5) is 0 Å². The summed E-state index contributed by atoms with van der Waals surface area (Å²) in [5.74, 6) is 0.301. The Hall–Kier alpha value is -2.34. The van der Waals surface area contributed by atoms with E-state index in [0.29, 0.717) is 16.8 Å². The van der Waals surface area contributed by atoms with Gasteiger partial charge in [0.15, 0.2) is 0 Å². The van der Waals surface area contributed by atoms with Gasteiger partial charge in [0.1, 0.15) is 10.6 Å². The minimum atomic E-state index is -3.85. The lowest BCUT2D eigenvalue weighted by Crippen LogP contribution is -2.09. The molecule has 3 rings (SSSR count). The van der Waals surface area contributed by atoms with Crippen LogP contribution in [0.25, 0.3) is 11.0 Å². The fourth-order valence-corrected chi connectivity index (χ4v) is 2.86. The Morgan fingerprint density at radius 3 is 2.80 bits per heavy atom. The van der Waals surface area contributed by atoms with Crippen LogP contribution in [-0.4, -0.2) is 18.4 Å². The SMILES string of the molecule is Cc1cccc(OS(=O)(=O)c2ccc3nc[nH]c3c2)c1. The number of hydrogen-bond donors (Lipinski definition) is 1. The Kier molecular flexibility index (Phi) is 2.94. The van der Waals surface area contributed by atoms with Crippen molar-refractivity contribution in [2.45, 2.75) is 11.8 Å². The first kappa shape index (κ1) is 12.7. The number of H-pyrrole nitrogens is 1. The maximum atomic E-state index is 12.2. The highest BCUT2D eigenvalue weighted by atomic mass is 32.2. The standard InChI is InChI=1S/C14H12N2O3S/c1-10-3-2-4-11(7-10)19-20(17,18)12-5-6-13-14(8-12)16-9-15-13/h2-9H,1H3,(H,15,16). The average Bonchev–Trinajstić information content (AvgIpc) is 2.85. The van der Waals surface area contributed by atoms with E-state index in [9.17, 15) is 8.42 Å². The second-order valence-electron chi connectivity index (χ2n) is 4.44. The molecule has 0 fully saturated rings. The van der Waals surface area contributed by atoms with Gasteiger partial charge >= 0.3 is 10.1 Å². The molecule has 0 radical (unpaired) electrons. The van der Waals surface area contributed by atoms with E-state index in [2.05, 4.69) is 9.97 Å². The number of aromatic nitrogens is 2. The van der Waals surface area contributed by atoms with Gasteiger partial charge in [0, 0.05) is 0 Å². The lowest BCUT2D eigenvalue weighted by molar-refractivity contribution is 0.486. The van der Waals surface area contributed by atoms with E-state index in [1.54, 1.807) is 24.3 Å². The van der Waals surface area contributed by atoms with Crippen LogP contribution in [-0.2, 0) is 10.1 Å². The molecular weight excluding hydrogens is 276 g/mol. The van der Waals surface area contributed by atoms with Crippen molar-refractivity contribution in [3.63, 3.8) is 0 Å². The van der Waals surface area contributed by atoms with Gasteiger partial charge < -0.3 is 9.17 Å². The number of nitrogens with zero attached hydrogens (tertiary/aromatic N) is 1. The van der Waals surface area contributed by atoms with Crippen molar-refractivity contribution in [1.29, 1.82) is 0 Å². The molecule has 1 heterocycles. The smallest absolute Gasteiger partial charge is 0.339 e. The lowest BCUT2D eigenvalue weighted by Gasteiger charge is -2.07. The van der Waals surface area contributed by atoms with E-state index in [0.717, 1.165) is 5.56 Å². The van der Waals surface area contributed by atoms with Gasteiger partial charge in [-0.25, -0.2) is 4.98 Å². The van der Waals surface area contributed by atoms with Crippen LogP contribution in [0.3, 0.4) is 0 Å². The predicted molar refractivity (Wildman–Crippen MR) is 75.1 cm³/mol. The number of nitrogens with one attached hydrogen (secondary N) is 1. The van der Waals surface area contributed by atoms with Gasteiger partial charge in [0.25, 0.3) is 0 Å². The Balaban J connectivity index is 1.98. The van der Waals surface area contributed by atoms with Crippen LogP contribution in [0.15, 0.2) is 53.7 Å². The summed E-state index contributed by atoms with van der Waals surface area (Å²) in [4.78, 5) is 7.01. The fourth-order valence-electron chi connectivity index (χ4n) is 1.91. The summed E-state index contributed by atoms with van der Waals surface area (Å²) in [6.07, 6.45) is 1.52. The van der Waals surface area contributed by atoms with Crippen molar-refractivity contribution in [3.8, 4) is 5.75 Å². The van der Waals surface area contributed by atoms with Crippen molar-refractivity contribution >= 4 is 21.2 Å². The zero-order valence-corrected chi connectivity index (χ0v) is 11.5. The predicted octanol–water partition coefficient (Wildman–Crippen LogP) is 2.64. The summed E-state index contributed by atoms with van der Waals surface area (Å²) in [5, 5.41) is 0. The molecule has 0 saturated carbocycles. The minimum absolute atomic E-state index is 0.0933. The van der Waals surface area contributed by atoms with Gasteiger partial charge in [-0.05, 0) is 42.8 Å². The van der Waals surface area contributed by atoms with Gasteiger partial charge in [-0.15, -0.1) is 0 Å². The van der Waals surface area contributed by atoms with Crippen LogP contribution in [0.5, 0.6) is 5.75 Å². The molecule has 5 nitrogen and oxygen atoms in total. The molecule has 6 heteroatoms. The van der Waals surface area contributed by atoms with Gasteiger partial charge in [-0.1, -0.05) is 12.1 Å². The molecule has 0 amide bonds. The van der Waals surface area contributed by atoms with Crippen LogP contribution < -0.4 is 4.18 Å². The summed E-state index contributed by atoms with van der Waals surface area (Å²) in [5.41, 5.74) is 2.29. The molecule has 20 heavy (non-hydrogen) atoms. The number of imidazole rings is 1. The zero-order chi connectivity index (χ0) is 14.2. The zero-order valence-electron chi connectivity index (χ0n) is 10.7. The van der Waals surface area contributed by atoms with Crippen molar-refractivity contribution in [1.82, 2.24) is 9.97 Å². The molecule has 2 aromatic carbocycles. The van der Waals surface area contributed by atoms with Crippen LogP contribution >= 0.6 is 0 Å². The Morgan fingerprint density at radius 2 is 2.00 bits per heavy atom. The molecule has 0 saturated heterocycles. The molecule has 1 N–H and O–H groups in total. The monoisotopic (exact) mass is 288 g/mol.